The molecule has 2 saturated heterocycles. The molecule has 0 aliphatic carbocycles. The number of piperazine rings is 1. The zero-order chi connectivity index (χ0) is 15.1. The smallest absolute Gasteiger partial charge is 0.245 e. The maximum atomic E-state index is 12.4. The van der Waals surface area contributed by atoms with Gasteiger partial charge in [0, 0.05) is 19.3 Å². The van der Waals surface area contributed by atoms with Crippen molar-refractivity contribution >= 4 is 21.7 Å². The number of hydrogen-bond donors (Lipinski definition) is 0. The zero-order valence-electron chi connectivity index (χ0n) is 12.3. The number of carbonyl (C=O) groups excluding carboxylic acids is 2. The van der Waals surface area contributed by atoms with Gasteiger partial charge in [-0.1, -0.05) is 0 Å². The van der Waals surface area contributed by atoms with Crippen LogP contribution in [0.2, 0.25) is 0 Å². The van der Waals surface area contributed by atoms with Gasteiger partial charge in [-0.05, 0) is 33.1 Å². The van der Waals surface area contributed by atoms with E-state index in [1.807, 2.05) is 0 Å². The summed E-state index contributed by atoms with van der Waals surface area (Å²) >= 11 is 0. The predicted molar refractivity (Wildman–Crippen MR) is 74.9 cm³/mol. The first kappa shape index (κ1) is 15.3. The average molecular weight is 302 g/mol. The molecular weight excluding hydrogens is 280 g/mol. The van der Waals surface area contributed by atoms with E-state index in [2.05, 4.69) is 0 Å². The Kier molecular flexibility index (Phi) is 3.83. The van der Waals surface area contributed by atoms with Crippen LogP contribution in [0.5, 0.6) is 0 Å². The molecule has 0 bridgehead atoms. The number of carbonyl (C=O) groups is 2. The summed E-state index contributed by atoms with van der Waals surface area (Å²) in [6.45, 7) is 3.88. The number of fused-ring (bicyclic) bond motifs is 1. The van der Waals surface area contributed by atoms with Crippen molar-refractivity contribution in [3.05, 3.63) is 0 Å². The summed E-state index contributed by atoms with van der Waals surface area (Å²) in [5, 5.41) is 0. The fourth-order valence-corrected chi connectivity index (χ4v) is 3.13. The van der Waals surface area contributed by atoms with Crippen molar-refractivity contribution < 1.29 is 18.0 Å². The fraction of sp³-hybridized carbons (Fsp3) is 0.846. The van der Waals surface area contributed by atoms with E-state index in [4.69, 9.17) is 0 Å². The van der Waals surface area contributed by atoms with E-state index in [1.165, 1.54) is 4.90 Å². The SMILES string of the molecule is CC(C)(CN1CC(=O)N2CCCCC2C1=O)S(C)(=O)=O. The van der Waals surface area contributed by atoms with Gasteiger partial charge in [-0.25, -0.2) is 8.42 Å². The van der Waals surface area contributed by atoms with E-state index in [9.17, 15) is 18.0 Å². The summed E-state index contributed by atoms with van der Waals surface area (Å²) in [6.07, 6.45) is 3.71. The molecule has 2 aliphatic heterocycles. The second-order valence-corrected chi connectivity index (χ2v) is 8.97. The Morgan fingerprint density at radius 1 is 1.25 bits per heavy atom. The second kappa shape index (κ2) is 5.02. The van der Waals surface area contributed by atoms with Crippen LogP contribution >= 0.6 is 0 Å². The quantitative estimate of drug-likeness (QED) is 0.737. The summed E-state index contributed by atoms with van der Waals surface area (Å²) < 4.78 is 22.5. The van der Waals surface area contributed by atoms with Crippen molar-refractivity contribution in [3.8, 4) is 0 Å². The molecule has 0 aromatic rings. The molecule has 0 N–H and O–H groups in total. The van der Waals surface area contributed by atoms with Gasteiger partial charge >= 0.3 is 0 Å². The molecule has 0 aromatic heterocycles. The van der Waals surface area contributed by atoms with Gasteiger partial charge in [0.1, 0.15) is 6.04 Å². The summed E-state index contributed by atoms with van der Waals surface area (Å²) in [6, 6.07) is -0.389. The van der Waals surface area contributed by atoms with Crippen LogP contribution in [-0.2, 0) is 19.4 Å². The minimum Gasteiger partial charge on any atom is -0.330 e. The minimum atomic E-state index is -3.29. The lowest BCUT2D eigenvalue weighted by molar-refractivity contribution is -0.158. The van der Waals surface area contributed by atoms with Crippen LogP contribution < -0.4 is 0 Å². The molecule has 1 atom stereocenters. The highest BCUT2D eigenvalue weighted by Crippen LogP contribution is 2.25. The van der Waals surface area contributed by atoms with Crippen molar-refractivity contribution in [2.45, 2.75) is 43.9 Å². The number of amides is 2. The Balaban J connectivity index is 2.18. The van der Waals surface area contributed by atoms with Gasteiger partial charge in [0.15, 0.2) is 9.84 Å². The monoisotopic (exact) mass is 302 g/mol. The highest BCUT2D eigenvalue weighted by molar-refractivity contribution is 7.92. The Hall–Kier alpha value is -1.11. The van der Waals surface area contributed by atoms with Crippen molar-refractivity contribution in [2.75, 3.05) is 25.9 Å². The van der Waals surface area contributed by atoms with Crippen molar-refractivity contribution in [2.24, 2.45) is 0 Å². The first-order chi connectivity index (χ1) is 9.13. The summed E-state index contributed by atoms with van der Waals surface area (Å²) in [5.74, 6) is -0.181. The van der Waals surface area contributed by atoms with Gasteiger partial charge in [-0.15, -0.1) is 0 Å². The highest BCUT2D eigenvalue weighted by atomic mass is 32.2. The van der Waals surface area contributed by atoms with E-state index < -0.39 is 14.6 Å². The third-order valence-corrected chi connectivity index (χ3v) is 6.46. The van der Waals surface area contributed by atoms with Crippen molar-refractivity contribution in [1.82, 2.24) is 9.80 Å². The Morgan fingerprint density at radius 2 is 1.90 bits per heavy atom. The molecule has 2 amide bonds. The molecular formula is C13H22N2O4S. The van der Waals surface area contributed by atoms with Gasteiger partial charge in [-0.3, -0.25) is 9.59 Å². The third kappa shape index (κ3) is 2.68. The molecule has 20 heavy (non-hydrogen) atoms. The first-order valence-electron chi connectivity index (χ1n) is 6.91. The average Bonchev–Trinajstić information content (AvgIpc) is 2.34. The molecule has 6 nitrogen and oxygen atoms in total. The van der Waals surface area contributed by atoms with Crippen LogP contribution in [0.4, 0.5) is 0 Å². The lowest BCUT2D eigenvalue weighted by atomic mass is 9.97. The molecule has 2 heterocycles. The molecule has 0 spiro atoms. The minimum absolute atomic E-state index is 0.00567. The van der Waals surface area contributed by atoms with E-state index in [0.717, 1.165) is 19.1 Å². The lowest BCUT2D eigenvalue weighted by Gasteiger charge is -2.44. The molecule has 0 saturated carbocycles. The second-order valence-electron chi connectivity index (χ2n) is 6.32. The van der Waals surface area contributed by atoms with Gasteiger partial charge in [0.05, 0.1) is 11.3 Å². The molecule has 2 rings (SSSR count). The van der Waals surface area contributed by atoms with Crippen LogP contribution in [0.1, 0.15) is 33.1 Å². The number of piperidine rings is 1. The highest BCUT2D eigenvalue weighted by Gasteiger charge is 2.43. The predicted octanol–water partition coefficient (Wildman–Crippen LogP) is 0.0329. The molecule has 2 aliphatic rings. The van der Waals surface area contributed by atoms with Crippen LogP contribution in [-0.4, -0.2) is 66.7 Å². The maximum Gasteiger partial charge on any atom is 0.245 e. The molecule has 0 radical (unpaired) electrons. The summed E-state index contributed by atoms with van der Waals surface area (Å²) in [4.78, 5) is 27.6. The topological polar surface area (TPSA) is 74.8 Å². The van der Waals surface area contributed by atoms with E-state index in [1.54, 1.807) is 18.7 Å². The maximum absolute atomic E-state index is 12.4. The van der Waals surface area contributed by atoms with Crippen molar-refractivity contribution in [3.63, 3.8) is 0 Å². The van der Waals surface area contributed by atoms with E-state index in [-0.39, 0.29) is 30.9 Å². The van der Waals surface area contributed by atoms with Gasteiger partial charge in [0.2, 0.25) is 11.8 Å². The van der Waals surface area contributed by atoms with E-state index in [0.29, 0.717) is 13.0 Å². The largest absolute Gasteiger partial charge is 0.330 e. The van der Waals surface area contributed by atoms with Crippen LogP contribution in [0, 0.1) is 0 Å². The van der Waals surface area contributed by atoms with Crippen LogP contribution in [0.15, 0.2) is 0 Å². The van der Waals surface area contributed by atoms with E-state index >= 15 is 0 Å². The van der Waals surface area contributed by atoms with Gasteiger partial charge in [-0.2, -0.15) is 0 Å². The molecule has 2 fully saturated rings. The molecule has 7 heteroatoms. The Bertz CT molecular complexity index is 526. The Morgan fingerprint density at radius 3 is 2.50 bits per heavy atom. The number of rotatable bonds is 3. The Labute approximate surface area is 120 Å². The number of sulfone groups is 1. The lowest BCUT2D eigenvalue weighted by Crippen LogP contribution is -2.63. The van der Waals surface area contributed by atoms with Gasteiger partial charge < -0.3 is 9.80 Å². The number of nitrogens with zero attached hydrogens (tertiary/aromatic N) is 2. The standard InChI is InChI=1S/C13H22N2O4S/c1-13(2,20(3,18)19)9-14-8-11(16)15-7-5-4-6-10(15)12(14)17/h10H,4-9H2,1-3H3. The molecule has 114 valence electrons. The normalized spacial score (nSPS) is 24.9. The van der Waals surface area contributed by atoms with Crippen LogP contribution in [0.3, 0.4) is 0 Å². The molecule has 0 aromatic carbocycles. The third-order valence-electron chi connectivity index (χ3n) is 4.32. The molecule has 1 unspecified atom stereocenters. The number of hydrogen-bond acceptors (Lipinski definition) is 4. The van der Waals surface area contributed by atoms with Gasteiger partial charge in [0.25, 0.3) is 0 Å². The zero-order valence-corrected chi connectivity index (χ0v) is 13.1. The summed E-state index contributed by atoms with van der Waals surface area (Å²) in [5.41, 5.74) is 0. The fourth-order valence-electron chi connectivity index (χ4n) is 2.74. The van der Waals surface area contributed by atoms with Crippen LogP contribution in [0.25, 0.3) is 0 Å². The first-order valence-corrected chi connectivity index (χ1v) is 8.80. The van der Waals surface area contributed by atoms with Crippen molar-refractivity contribution in [1.29, 1.82) is 0 Å². The summed E-state index contributed by atoms with van der Waals surface area (Å²) in [7, 11) is -3.29.